The molecule has 0 amide bonds. The molecule has 3 heterocycles. The first-order valence-corrected chi connectivity index (χ1v) is 11.1. The van der Waals surface area contributed by atoms with Gasteiger partial charge in [-0.3, -0.25) is 14.5 Å². The summed E-state index contributed by atoms with van der Waals surface area (Å²) in [7, 11) is -1.71. The van der Waals surface area contributed by atoms with E-state index in [0.717, 1.165) is 33.3 Å². The third kappa shape index (κ3) is 3.41. The SMILES string of the molecule is Cn1nc(-c2ccncc2)c2scc(-c3ccc(NS(C)(=O)=O)cc3)c2c1=O. The first-order valence-electron chi connectivity index (χ1n) is 8.30. The number of aromatic nitrogens is 3. The normalized spacial score (nSPS) is 11.6. The fourth-order valence-electron chi connectivity index (χ4n) is 2.99. The summed E-state index contributed by atoms with van der Waals surface area (Å²) in [5, 5.41) is 6.97. The summed E-state index contributed by atoms with van der Waals surface area (Å²) in [4.78, 5) is 16.9. The van der Waals surface area contributed by atoms with Gasteiger partial charge in [-0.15, -0.1) is 11.3 Å². The minimum Gasteiger partial charge on any atom is -0.284 e. The molecule has 0 atom stereocenters. The fraction of sp³-hybridized carbons (Fsp3) is 0.105. The lowest BCUT2D eigenvalue weighted by Crippen LogP contribution is -2.20. The van der Waals surface area contributed by atoms with Crippen molar-refractivity contribution < 1.29 is 8.42 Å². The van der Waals surface area contributed by atoms with Crippen LogP contribution < -0.4 is 10.3 Å². The molecule has 0 aliphatic heterocycles. The maximum atomic E-state index is 12.8. The molecule has 9 heteroatoms. The van der Waals surface area contributed by atoms with Crippen LogP contribution in [0.5, 0.6) is 0 Å². The molecule has 0 saturated carbocycles. The Morgan fingerprint density at radius 1 is 1.04 bits per heavy atom. The van der Waals surface area contributed by atoms with E-state index >= 15 is 0 Å². The second-order valence-corrected chi connectivity index (χ2v) is 8.95. The number of pyridine rings is 1. The molecule has 1 aromatic carbocycles. The van der Waals surface area contributed by atoms with Crippen molar-refractivity contribution >= 4 is 37.1 Å². The van der Waals surface area contributed by atoms with Gasteiger partial charge in [0.25, 0.3) is 5.56 Å². The second-order valence-electron chi connectivity index (χ2n) is 6.32. The number of aryl methyl sites for hydroxylation is 1. The highest BCUT2D eigenvalue weighted by atomic mass is 32.2. The highest BCUT2D eigenvalue weighted by molar-refractivity contribution is 7.92. The van der Waals surface area contributed by atoms with Crippen LogP contribution in [0.15, 0.2) is 59.0 Å². The predicted molar refractivity (Wildman–Crippen MR) is 112 cm³/mol. The van der Waals surface area contributed by atoms with Crippen LogP contribution in [0.1, 0.15) is 0 Å². The number of rotatable bonds is 4. The summed E-state index contributed by atoms with van der Waals surface area (Å²) < 4.78 is 27.3. The molecule has 0 radical (unpaired) electrons. The quantitative estimate of drug-likeness (QED) is 0.556. The average Bonchev–Trinajstić information content (AvgIpc) is 3.10. The van der Waals surface area contributed by atoms with Gasteiger partial charge in [-0.1, -0.05) is 12.1 Å². The van der Waals surface area contributed by atoms with E-state index in [1.54, 1.807) is 43.7 Å². The van der Waals surface area contributed by atoms with Crippen LogP contribution >= 0.6 is 11.3 Å². The molecule has 28 heavy (non-hydrogen) atoms. The molecule has 4 aromatic rings. The second kappa shape index (κ2) is 6.84. The number of anilines is 1. The van der Waals surface area contributed by atoms with Crippen molar-refractivity contribution in [2.75, 3.05) is 11.0 Å². The number of nitrogens with one attached hydrogen (secondary N) is 1. The highest BCUT2D eigenvalue weighted by Gasteiger charge is 2.17. The predicted octanol–water partition coefficient (Wildman–Crippen LogP) is 3.10. The molecule has 7 nitrogen and oxygen atoms in total. The molecule has 0 fully saturated rings. The van der Waals surface area contributed by atoms with E-state index in [1.165, 1.54) is 16.0 Å². The summed E-state index contributed by atoms with van der Waals surface area (Å²) >= 11 is 1.46. The van der Waals surface area contributed by atoms with Crippen LogP contribution in [0.3, 0.4) is 0 Å². The lowest BCUT2D eigenvalue weighted by atomic mass is 10.0. The van der Waals surface area contributed by atoms with Crippen molar-refractivity contribution in [2.45, 2.75) is 0 Å². The molecule has 0 saturated heterocycles. The van der Waals surface area contributed by atoms with Crippen molar-refractivity contribution in [1.29, 1.82) is 0 Å². The Labute approximate surface area is 165 Å². The van der Waals surface area contributed by atoms with E-state index in [9.17, 15) is 13.2 Å². The Hall–Kier alpha value is -3.04. The van der Waals surface area contributed by atoms with E-state index < -0.39 is 10.0 Å². The molecule has 0 aliphatic rings. The van der Waals surface area contributed by atoms with E-state index in [-0.39, 0.29) is 5.56 Å². The lowest BCUT2D eigenvalue weighted by Gasteiger charge is -2.07. The average molecular weight is 412 g/mol. The zero-order valence-electron chi connectivity index (χ0n) is 15.1. The zero-order valence-corrected chi connectivity index (χ0v) is 16.7. The van der Waals surface area contributed by atoms with Gasteiger partial charge in [0, 0.05) is 41.6 Å². The van der Waals surface area contributed by atoms with Crippen molar-refractivity contribution in [3.8, 4) is 22.4 Å². The minimum absolute atomic E-state index is 0.178. The third-order valence-corrected chi connectivity index (χ3v) is 5.81. The first-order chi connectivity index (χ1) is 13.3. The standard InChI is InChI=1S/C19H16N4O3S2/c1-23-19(24)16-15(12-3-5-14(6-4-12)22-28(2,25)26)11-27-18(16)17(21-23)13-7-9-20-10-8-13/h3-11,22H,1-2H3. The van der Waals surface area contributed by atoms with Gasteiger partial charge in [-0.2, -0.15) is 5.10 Å². The van der Waals surface area contributed by atoms with E-state index in [4.69, 9.17) is 0 Å². The van der Waals surface area contributed by atoms with Crippen molar-refractivity contribution in [3.05, 3.63) is 64.5 Å². The summed E-state index contributed by atoms with van der Waals surface area (Å²) in [5.74, 6) is 0. The summed E-state index contributed by atoms with van der Waals surface area (Å²) in [6, 6.07) is 10.7. The molecule has 0 unspecified atom stereocenters. The topological polar surface area (TPSA) is 93.9 Å². The van der Waals surface area contributed by atoms with Crippen LogP contribution in [-0.2, 0) is 17.1 Å². The van der Waals surface area contributed by atoms with E-state index in [1.807, 2.05) is 17.5 Å². The van der Waals surface area contributed by atoms with Crippen LogP contribution in [0.2, 0.25) is 0 Å². The number of sulfonamides is 1. The minimum atomic E-state index is -3.34. The Morgan fingerprint density at radius 2 is 1.71 bits per heavy atom. The van der Waals surface area contributed by atoms with Gasteiger partial charge >= 0.3 is 0 Å². The van der Waals surface area contributed by atoms with Gasteiger partial charge in [-0.25, -0.2) is 13.1 Å². The van der Waals surface area contributed by atoms with Gasteiger partial charge in [0.05, 0.1) is 16.3 Å². The molecule has 142 valence electrons. The number of thiophene rings is 1. The summed E-state index contributed by atoms with van der Waals surface area (Å²) in [6.07, 6.45) is 4.48. The molecule has 4 rings (SSSR count). The largest absolute Gasteiger partial charge is 0.284 e. The molecule has 1 N–H and O–H groups in total. The smallest absolute Gasteiger partial charge is 0.275 e. The third-order valence-electron chi connectivity index (χ3n) is 4.22. The van der Waals surface area contributed by atoms with Crippen molar-refractivity contribution in [3.63, 3.8) is 0 Å². The van der Waals surface area contributed by atoms with Gasteiger partial charge in [0.2, 0.25) is 10.0 Å². The van der Waals surface area contributed by atoms with E-state index in [0.29, 0.717) is 11.1 Å². The van der Waals surface area contributed by atoms with Crippen LogP contribution in [0, 0.1) is 0 Å². The fourth-order valence-corrected chi connectivity index (χ4v) is 4.63. The molecule has 3 aromatic heterocycles. The van der Waals surface area contributed by atoms with Gasteiger partial charge < -0.3 is 0 Å². The van der Waals surface area contributed by atoms with Crippen LogP contribution in [0.25, 0.3) is 32.5 Å². The number of hydrogen-bond acceptors (Lipinski definition) is 6. The van der Waals surface area contributed by atoms with Crippen LogP contribution in [-0.4, -0.2) is 29.4 Å². The Bertz CT molecular complexity index is 1330. The number of hydrogen-bond donors (Lipinski definition) is 1. The first kappa shape index (κ1) is 18.3. The Balaban J connectivity index is 1.88. The lowest BCUT2D eigenvalue weighted by molar-refractivity contribution is 0.607. The molecule has 0 bridgehead atoms. The van der Waals surface area contributed by atoms with Gasteiger partial charge in [0.1, 0.15) is 5.69 Å². The Kier molecular flexibility index (Phi) is 4.48. The molecular weight excluding hydrogens is 396 g/mol. The summed E-state index contributed by atoms with van der Waals surface area (Å²) in [6.45, 7) is 0. The van der Waals surface area contributed by atoms with Gasteiger partial charge in [-0.05, 0) is 29.8 Å². The molecule has 0 spiro atoms. The molecule has 0 aliphatic carbocycles. The van der Waals surface area contributed by atoms with E-state index in [2.05, 4.69) is 14.8 Å². The zero-order chi connectivity index (χ0) is 19.9. The highest BCUT2D eigenvalue weighted by Crippen LogP contribution is 2.36. The monoisotopic (exact) mass is 412 g/mol. The van der Waals surface area contributed by atoms with Crippen molar-refractivity contribution in [1.82, 2.24) is 14.8 Å². The maximum Gasteiger partial charge on any atom is 0.275 e. The number of benzene rings is 1. The van der Waals surface area contributed by atoms with Crippen LogP contribution in [0.4, 0.5) is 5.69 Å². The van der Waals surface area contributed by atoms with Gasteiger partial charge in [0.15, 0.2) is 0 Å². The Morgan fingerprint density at radius 3 is 2.36 bits per heavy atom. The van der Waals surface area contributed by atoms with Crippen molar-refractivity contribution in [2.24, 2.45) is 7.05 Å². The maximum absolute atomic E-state index is 12.8. The summed E-state index contributed by atoms with van der Waals surface area (Å²) in [5.41, 5.74) is 3.53. The number of nitrogens with zero attached hydrogens (tertiary/aromatic N) is 3. The number of fused-ring (bicyclic) bond motifs is 1. The molecular formula is C19H16N4O3S2.